The fourth-order valence-corrected chi connectivity index (χ4v) is 3.22. The summed E-state index contributed by atoms with van der Waals surface area (Å²) in [6.07, 6.45) is 0. The number of aryl methyl sites for hydroxylation is 1. The Labute approximate surface area is 189 Å². The molecule has 0 aliphatic rings. The van der Waals surface area contributed by atoms with E-state index in [0.717, 1.165) is 16.7 Å². The van der Waals surface area contributed by atoms with Gasteiger partial charge in [0.2, 0.25) is 5.91 Å². The third-order valence-electron chi connectivity index (χ3n) is 4.60. The molecule has 0 aliphatic carbocycles. The summed E-state index contributed by atoms with van der Waals surface area (Å²) in [7, 11) is 0. The number of hydrogen-bond acceptors (Lipinski definition) is 5. The minimum atomic E-state index is -2.90. The fourth-order valence-electron chi connectivity index (χ4n) is 3.06. The van der Waals surface area contributed by atoms with Gasteiger partial charge >= 0.3 is 6.61 Å². The van der Waals surface area contributed by atoms with E-state index in [1.807, 2.05) is 0 Å². The number of aromatic nitrogens is 1. The summed E-state index contributed by atoms with van der Waals surface area (Å²) in [6.45, 7) is 1.15. The van der Waals surface area contributed by atoms with E-state index in [9.17, 15) is 18.7 Å². The molecule has 2 aromatic carbocycles. The molecule has 0 atom stereocenters. The van der Waals surface area contributed by atoms with Crippen molar-refractivity contribution >= 4 is 23.3 Å². The van der Waals surface area contributed by atoms with Gasteiger partial charge in [0, 0.05) is 30.6 Å². The van der Waals surface area contributed by atoms with Crippen LogP contribution in [-0.4, -0.2) is 35.7 Å². The summed E-state index contributed by atoms with van der Waals surface area (Å²) in [5.74, 6) is 0.447. The van der Waals surface area contributed by atoms with Crippen LogP contribution < -0.4 is 15.4 Å². The lowest BCUT2D eigenvalue weighted by molar-refractivity contribution is -0.118. The maximum absolute atomic E-state index is 12.4. The summed E-state index contributed by atoms with van der Waals surface area (Å²) < 4.78 is 29.3. The maximum atomic E-state index is 12.4. The van der Waals surface area contributed by atoms with Gasteiger partial charge < -0.3 is 20.5 Å². The Morgan fingerprint density at radius 3 is 2.50 bits per heavy atom. The molecule has 1 amide bonds. The predicted molar refractivity (Wildman–Crippen MR) is 120 cm³/mol. The Morgan fingerprint density at radius 1 is 1.12 bits per heavy atom. The van der Waals surface area contributed by atoms with Crippen LogP contribution in [0.4, 0.5) is 14.6 Å². The first-order valence-electron chi connectivity index (χ1n) is 9.78. The summed E-state index contributed by atoms with van der Waals surface area (Å²) in [6, 6.07) is 13.0. The third kappa shape index (κ3) is 6.07. The largest absolute Gasteiger partial charge is 0.507 e. The van der Waals surface area contributed by atoms with E-state index < -0.39 is 6.61 Å². The number of benzene rings is 2. The maximum Gasteiger partial charge on any atom is 0.387 e. The van der Waals surface area contributed by atoms with Crippen LogP contribution in [0.5, 0.6) is 11.5 Å². The van der Waals surface area contributed by atoms with Crippen LogP contribution >= 0.6 is 11.6 Å². The van der Waals surface area contributed by atoms with Gasteiger partial charge in [0.05, 0.1) is 5.69 Å². The molecule has 0 aliphatic heterocycles. The first-order chi connectivity index (χ1) is 15.2. The van der Waals surface area contributed by atoms with Gasteiger partial charge in [0.1, 0.15) is 17.3 Å². The predicted octanol–water partition coefficient (Wildman–Crippen LogP) is 5.23. The standard InChI is InChI=1S/C23H22ClF2N3O3/c1-13-9-21(31)18(12-19(13)24)20-10-16(11-22(29-20)28-8-7-27-14(2)30)15-3-5-17(6-4-15)32-23(25)26/h3-6,9-12,23,31H,7-8H2,1-2H3,(H,27,30)(H,28,29). The number of nitrogens with one attached hydrogen (secondary N) is 2. The number of phenols is 1. The number of amides is 1. The van der Waals surface area contributed by atoms with Crippen molar-refractivity contribution in [3.8, 4) is 33.9 Å². The summed E-state index contributed by atoms with van der Waals surface area (Å²) >= 11 is 6.25. The molecule has 9 heteroatoms. The van der Waals surface area contributed by atoms with Gasteiger partial charge in [0.15, 0.2) is 0 Å². The molecule has 0 saturated carbocycles. The number of phenolic OH excluding ortho intramolecular Hbond substituents is 1. The molecule has 32 heavy (non-hydrogen) atoms. The fraction of sp³-hybridized carbons (Fsp3) is 0.217. The number of carbonyl (C=O) groups excluding carboxylic acids is 1. The monoisotopic (exact) mass is 461 g/mol. The zero-order valence-corrected chi connectivity index (χ0v) is 18.2. The lowest BCUT2D eigenvalue weighted by Crippen LogP contribution is -2.26. The quantitative estimate of drug-likeness (QED) is 0.400. The number of carbonyl (C=O) groups is 1. The highest BCUT2D eigenvalue weighted by Crippen LogP contribution is 2.36. The van der Waals surface area contributed by atoms with E-state index >= 15 is 0 Å². The molecule has 0 unspecified atom stereocenters. The van der Waals surface area contributed by atoms with Gasteiger partial charge in [-0.2, -0.15) is 8.78 Å². The van der Waals surface area contributed by atoms with Crippen LogP contribution in [0.2, 0.25) is 5.02 Å². The van der Waals surface area contributed by atoms with E-state index in [1.54, 1.807) is 43.3 Å². The number of halogens is 3. The second-order valence-electron chi connectivity index (χ2n) is 7.06. The second kappa shape index (κ2) is 10.3. The number of nitrogens with zero attached hydrogens (tertiary/aromatic N) is 1. The number of aromatic hydroxyl groups is 1. The average molecular weight is 462 g/mol. The highest BCUT2D eigenvalue weighted by molar-refractivity contribution is 6.31. The van der Waals surface area contributed by atoms with Crippen molar-refractivity contribution in [3.63, 3.8) is 0 Å². The van der Waals surface area contributed by atoms with Crippen LogP contribution in [0.3, 0.4) is 0 Å². The Kier molecular flexibility index (Phi) is 7.48. The van der Waals surface area contributed by atoms with Crippen molar-refractivity contribution in [1.82, 2.24) is 10.3 Å². The van der Waals surface area contributed by atoms with Gasteiger partial charge in [-0.15, -0.1) is 0 Å². The van der Waals surface area contributed by atoms with E-state index in [-0.39, 0.29) is 17.4 Å². The van der Waals surface area contributed by atoms with Gasteiger partial charge in [0.25, 0.3) is 0 Å². The molecule has 0 radical (unpaired) electrons. The van der Waals surface area contributed by atoms with Gasteiger partial charge in [-0.25, -0.2) is 4.98 Å². The van der Waals surface area contributed by atoms with Gasteiger partial charge in [-0.3, -0.25) is 4.79 Å². The van der Waals surface area contributed by atoms with E-state index in [0.29, 0.717) is 35.2 Å². The molecular weight excluding hydrogens is 440 g/mol. The summed E-state index contributed by atoms with van der Waals surface area (Å²) in [5, 5.41) is 16.8. The Morgan fingerprint density at radius 2 is 1.84 bits per heavy atom. The number of alkyl halides is 2. The van der Waals surface area contributed by atoms with Crippen molar-refractivity contribution in [2.75, 3.05) is 18.4 Å². The van der Waals surface area contributed by atoms with E-state index in [4.69, 9.17) is 11.6 Å². The van der Waals surface area contributed by atoms with Gasteiger partial charge in [-0.1, -0.05) is 23.7 Å². The third-order valence-corrected chi connectivity index (χ3v) is 5.00. The lowest BCUT2D eigenvalue weighted by atomic mass is 10.0. The summed E-state index contributed by atoms with van der Waals surface area (Å²) in [4.78, 5) is 15.6. The molecule has 0 bridgehead atoms. The number of rotatable bonds is 8. The normalized spacial score (nSPS) is 10.8. The zero-order chi connectivity index (χ0) is 23.3. The smallest absolute Gasteiger partial charge is 0.387 e. The van der Waals surface area contributed by atoms with Crippen LogP contribution in [0.25, 0.3) is 22.4 Å². The van der Waals surface area contributed by atoms with Crippen LogP contribution in [0.1, 0.15) is 12.5 Å². The Bertz CT molecular complexity index is 1110. The Balaban J connectivity index is 1.98. The number of hydrogen-bond donors (Lipinski definition) is 3. The van der Waals surface area contributed by atoms with Crippen molar-refractivity contribution in [1.29, 1.82) is 0 Å². The van der Waals surface area contributed by atoms with Crippen LogP contribution in [-0.2, 0) is 4.79 Å². The molecular formula is C23H22ClF2N3O3. The molecule has 0 spiro atoms. The first-order valence-corrected chi connectivity index (χ1v) is 10.2. The second-order valence-corrected chi connectivity index (χ2v) is 7.46. The lowest BCUT2D eigenvalue weighted by Gasteiger charge is -2.13. The van der Waals surface area contributed by atoms with Crippen LogP contribution in [0.15, 0.2) is 48.5 Å². The van der Waals surface area contributed by atoms with E-state index in [2.05, 4.69) is 20.4 Å². The average Bonchev–Trinajstić information content (AvgIpc) is 2.73. The first kappa shape index (κ1) is 23.3. The zero-order valence-electron chi connectivity index (χ0n) is 17.5. The highest BCUT2D eigenvalue weighted by atomic mass is 35.5. The van der Waals surface area contributed by atoms with Crippen LogP contribution in [0, 0.1) is 6.92 Å². The Hall–Kier alpha value is -3.39. The SMILES string of the molecule is CC(=O)NCCNc1cc(-c2ccc(OC(F)F)cc2)cc(-c2cc(Cl)c(C)cc2O)n1. The molecule has 6 nitrogen and oxygen atoms in total. The topological polar surface area (TPSA) is 83.5 Å². The number of pyridine rings is 1. The molecule has 3 aromatic rings. The molecule has 0 saturated heterocycles. The minimum absolute atomic E-state index is 0.0291. The molecule has 168 valence electrons. The van der Waals surface area contributed by atoms with Crippen molar-refractivity contribution in [2.45, 2.75) is 20.5 Å². The van der Waals surface area contributed by atoms with Crippen molar-refractivity contribution < 1.29 is 23.4 Å². The minimum Gasteiger partial charge on any atom is -0.507 e. The number of anilines is 1. The highest BCUT2D eigenvalue weighted by Gasteiger charge is 2.13. The molecule has 3 rings (SSSR count). The van der Waals surface area contributed by atoms with Crippen molar-refractivity contribution in [3.05, 3.63) is 59.1 Å². The molecule has 3 N–H and O–H groups in total. The molecule has 0 fully saturated rings. The summed E-state index contributed by atoms with van der Waals surface area (Å²) in [5.41, 5.74) is 3.11. The number of ether oxygens (including phenoxy) is 1. The van der Waals surface area contributed by atoms with Crippen molar-refractivity contribution in [2.24, 2.45) is 0 Å². The van der Waals surface area contributed by atoms with E-state index in [1.165, 1.54) is 19.1 Å². The molecule has 1 aromatic heterocycles. The van der Waals surface area contributed by atoms with Gasteiger partial charge in [-0.05, 0) is 60.0 Å². The molecule has 1 heterocycles.